The summed E-state index contributed by atoms with van der Waals surface area (Å²) < 4.78 is 5.93. The van der Waals surface area contributed by atoms with Crippen LogP contribution in [0.2, 0.25) is 5.02 Å². The number of β-amino-alcohol motifs (C(OH)–C–C–N with tert-alkyl or cyclic N) is 1. The molecule has 0 saturated carbocycles. The Kier molecular flexibility index (Phi) is 6.36. The summed E-state index contributed by atoms with van der Waals surface area (Å²) in [6, 6.07) is 9.58. The minimum atomic E-state index is -0.481. The Morgan fingerprint density at radius 1 is 1.32 bits per heavy atom. The molecule has 1 saturated heterocycles. The summed E-state index contributed by atoms with van der Waals surface area (Å²) in [5.41, 5.74) is 1.35. The number of thiophene rings is 1. The first-order valence-corrected chi connectivity index (χ1v) is 9.79. The van der Waals surface area contributed by atoms with Crippen molar-refractivity contribution in [2.45, 2.75) is 31.7 Å². The van der Waals surface area contributed by atoms with E-state index in [4.69, 9.17) is 16.3 Å². The number of halogens is 1. The van der Waals surface area contributed by atoms with Gasteiger partial charge in [-0.15, -0.1) is 11.3 Å². The average molecular weight is 381 g/mol. The van der Waals surface area contributed by atoms with Crippen LogP contribution in [0.25, 0.3) is 0 Å². The fourth-order valence-corrected chi connectivity index (χ4v) is 4.17. The minimum absolute atomic E-state index is 0.162. The third-order valence-corrected chi connectivity index (χ3v) is 5.51. The van der Waals surface area contributed by atoms with Crippen LogP contribution in [0.5, 0.6) is 5.75 Å². The van der Waals surface area contributed by atoms with Crippen LogP contribution in [-0.4, -0.2) is 54.3 Å². The molecule has 1 aromatic carbocycles. The van der Waals surface area contributed by atoms with Crippen molar-refractivity contribution in [3.63, 3.8) is 0 Å². The molecule has 25 heavy (non-hydrogen) atoms. The Labute approximate surface area is 158 Å². The van der Waals surface area contributed by atoms with E-state index < -0.39 is 6.10 Å². The van der Waals surface area contributed by atoms with E-state index in [9.17, 15) is 5.11 Å². The number of hydrogen-bond donors (Lipinski definition) is 1. The summed E-state index contributed by atoms with van der Waals surface area (Å²) in [5.74, 6) is 0.758. The van der Waals surface area contributed by atoms with Gasteiger partial charge in [0.2, 0.25) is 0 Å². The predicted octanol–water partition coefficient (Wildman–Crippen LogP) is 3.48. The molecule has 0 unspecified atom stereocenters. The molecule has 1 aliphatic rings. The van der Waals surface area contributed by atoms with Crippen molar-refractivity contribution >= 4 is 22.9 Å². The van der Waals surface area contributed by atoms with Gasteiger partial charge in [-0.2, -0.15) is 0 Å². The van der Waals surface area contributed by atoms with Crippen molar-refractivity contribution in [1.29, 1.82) is 0 Å². The second-order valence-corrected chi connectivity index (χ2v) is 8.29. The van der Waals surface area contributed by atoms with E-state index in [1.54, 1.807) is 23.5 Å². The molecule has 0 radical (unpaired) electrons. The second kappa shape index (κ2) is 8.52. The number of nitrogens with zero attached hydrogens (tertiary/aromatic N) is 2. The van der Waals surface area contributed by atoms with Crippen molar-refractivity contribution in [2.75, 3.05) is 27.2 Å². The van der Waals surface area contributed by atoms with Crippen molar-refractivity contribution in [3.05, 3.63) is 51.2 Å². The molecule has 2 heterocycles. The maximum absolute atomic E-state index is 10.5. The summed E-state index contributed by atoms with van der Waals surface area (Å²) in [5, 5.41) is 13.4. The van der Waals surface area contributed by atoms with E-state index in [-0.39, 0.29) is 6.10 Å². The molecular formula is C19H25ClN2O2S. The molecule has 136 valence electrons. The average Bonchev–Trinajstić information content (AvgIpc) is 2.98. The largest absolute Gasteiger partial charge is 0.488 e. The topological polar surface area (TPSA) is 35.9 Å². The van der Waals surface area contributed by atoms with Gasteiger partial charge in [0.15, 0.2) is 0 Å². The normalized spacial score (nSPS) is 21.6. The van der Waals surface area contributed by atoms with Crippen LogP contribution in [0.4, 0.5) is 0 Å². The molecule has 1 fully saturated rings. The van der Waals surface area contributed by atoms with Crippen LogP contribution in [0.15, 0.2) is 35.7 Å². The smallest absolute Gasteiger partial charge is 0.127 e. The molecule has 2 atom stereocenters. The first-order valence-electron chi connectivity index (χ1n) is 8.53. The molecule has 2 aromatic rings. The van der Waals surface area contributed by atoms with E-state index >= 15 is 0 Å². The Balaban J connectivity index is 1.51. The lowest BCUT2D eigenvalue weighted by Gasteiger charge is -2.35. The van der Waals surface area contributed by atoms with E-state index in [0.29, 0.717) is 11.6 Å². The molecule has 1 aliphatic heterocycles. The van der Waals surface area contributed by atoms with Gasteiger partial charge in [-0.05, 0) is 61.8 Å². The number of aliphatic hydroxyl groups excluding tert-OH is 1. The first-order chi connectivity index (χ1) is 12.0. The number of piperidine rings is 1. The minimum Gasteiger partial charge on any atom is -0.488 e. The van der Waals surface area contributed by atoms with Crippen molar-refractivity contribution in [3.8, 4) is 5.75 Å². The van der Waals surface area contributed by atoms with Crippen LogP contribution in [0.3, 0.4) is 0 Å². The van der Waals surface area contributed by atoms with E-state index in [2.05, 4.69) is 35.3 Å². The Morgan fingerprint density at radius 3 is 2.76 bits per heavy atom. The van der Waals surface area contributed by atoms with E-state index in [1.807, 2.05) is 12.1 Å². The number of ether oxygens (including phenoxy) is 1. The highest BCUT2D eigenvalue weighted by Gasteiger charge is 2.29. The molecule has 0 aliphatic carbocycles. The number of hydrogen-bond acceptors (Lipinski definition) is 5. The SMILES string of the molecule is CN(C)Cc1csc(CN2CC[C@@H](Oc3ccc(Cl)cc3)[C@H](O)C2)c1. The van der Waals surface area contributed by atoms with Crippen LogP contribution in [-0.2, 0) is 13.1 Å². The molecule has 0 spiro atoms. The van der Waals surface area contributed by atoms with Crippen LogP contribution in [0.1, 0.15) is 16.9 Å². The van der Waals surface area contributed by atoms with Crippen molar-refractivity contribution in [1.82, 2.24) is 9.80 Å². The lowest BCUT2D eigenvalue weighted by molar-refractivity contribution is -0.0272. The van der Waals surface area contributed by atoms with Crippen molar-refractivity contribution < 1.29 is 9.84 Å². The fraction of sp³-hybridized carbons (Fsp3) is 0.474. The first kappa shape index (κ1) is 18.7. The maximum Gasteiger partial charge on any atom is 0.127 e. The van der Waals surface area contributed by atoms with Gasteiger partial charge in [0.1, 0.15) is 18.0 Å². The number of rotatable bonds is 6. The van der Waals surface area contributed by atoms with Crippen LogP contribution < -0.4 is 4.74 Å². The Morgan fingerprint density at radius 2 is 2.08 bits per heavy atom. The van der Waals surface area contributed by atoms with Crippen LogP contribution >= 0.6 is 22.9 Å². The molecule has 6 heteroatoms. The van der Waals surface area contributed by atoms with E-state index in [0.717, 1.165) is 31.8 Å². The molecule has 1 aromatic heterocycles. The summed E-state index contributed by atoms with van der Waals surface area (Å²) in [7, 11) is 4.16. The number of benzene rings is 1. The van der Waals surface area contributed by atoms with Crippen molar-refractivity contribution in [2.24, 2.45) is 0 Å². The third kappa shape index (κ3) is 5.43. The van der Waals surface area contributed by atoms with Gasteiger partial charge >= 0.3 is 0 Å². The summed E-state index contributed by atoms with van der Waals surface area (Å²) >= 11 is 7.69. The summed E-state index contributed by atoms with van der Waals surface area (Å²) in [6.07, 6.45) is 0.176. The zero-order valence-corrected chi connectivity index (χ0v) is 16.3. The zero-order chi connectivity index (χ0) is 17.8. The predicted molar refractivity (Wildman–Crippen MR) is 103 cm³/mol. The van der Waals surface area contributed by atoms with Gasteiger partial charge < -0.3 is 14.7 Å². The molecule has 4 nitrogen and oxygen atoms in total. The lowest BCUT2D eigenvalue weighted by atomic mass is 10.0. The van der Waals surface area contributed by atoms with Gasteiger partial charge in [0.05, 0.1) is 0 Å². The van der Waals surface area contributed by atoms with E-state index in [1.165, 1.54) is 10.4 Å². The second-order valence-electron chi connectivity index (χ2n) is 6.86. The fourth-order valence-electron chi connectivity index (χ4n) is 3.12. The quantitative estimate of drug-likeness (QED) is 0.832. The number of aliphatic hydroxyl groups is 1. The highest BCUT2D eigenvalue weighted by atomic mass is 35.5. The number of likely N-dealkylation sites (tertiary alicyclic amines) is 1. The lowest BCUT2D eigenvalue weighted by Crippen LogP contribution is -2.48. The molecule has 0 amide bonds. The zero-order valence-electron chi connectivity index (χ0n) is 14.7. The third-order valence-electron chi connectivity index (χ3n) is 4.29. The van der Waals surface area contributed by atoms with Gasteiger partial charge in [0, 0.05) is 36.1 Å². The highest BCUT2D eigenvalue weighted by Crippen LogP contribution is 2.24. The van der Waals surface area contributed by atoms with Gasteiger partial charge in [-0.3, -0.25) is 4.90 Å². The van der Waals surface area contributed by atoms with Gasteiger partial charge in [-0.1, -0.05) is 11.6 Å². The van der Waals surface area contributed by atoms with Crippen LogP contribution in [0, 0.1) is 0 Å². The molecular weight excluding hydrogens is 356 g/mol. The summed E-state index contributed by atoms with van der Waals surface area (Å²) in [4.78, 5) is 5.83. The maximum atomic E-state index is 10.5. The van der Waals surface area contributed by atoms with Gasteiger partial charge in [0.25, 0.3) is 0 Å². The Bertz CT molecular complexity index is 674. The summed E-state index contributed by atoms with van der Waals surface area (Å²) in [6.45, 7) is 3.42. The Hall–Kier alpha value is -1.11. The monoisotopic (exact) mass is 380 g/mol. The highest BCUT2D eigenvalue weighted by molar-refractivity contribution is 7.10. The molecule has 1 N–H and O–H groups in total. The van der Waals surface area contributed by atoms with Gasteiger partial charge in [-0.25, -0.2) is 0 Å². The standard InChI is InChI=1S/C19H25ClN2O2S/c1-21(2)10-14-9-17(25-13-14)11-22-8-7-19(18(23)12-22)24-16-5-3-15(20)4-6-16/h3-6,9,13,18-19,23H,7-8,10-12H2,1-2H3/t18-,19-/m1/s1. The molecule has 0 bridgehead atoms. The molecule has 3 rings (SSSR count).